The van der Waals surface area contributed by atoms with Crippen LogP contribution in [0.15, 0.2) is 42.9 Å². The van der Waals surface area contributed by atoms with E-state index in [0.717, 1.165) is 24.2 Å². The predicted molar refractivity (Wildman–Crippen MR) is 105 cm³/mol. The molecule has 2 aromatic heterocycles. The summed E-state index contributed by atoms with van der Waals surface area (Å²) in [5, 5.41) is 22.6. The molecule has 7 heteroatoms. The lowest BCUT2D eigenvalue weighted by Gasteiger charge is -2.28. The van der Waals surface area contributed by atoms with Crippen molar-refractivity contribution in [3.05, 3.63) is 48.5 Å². The SMILES string of the molecule is Cc1cn(-c2ccc(-c3ccc(OC4CC5CCC(C4)N5)nn3)c(O)c2)cn1. The molecule has 2 atom stereocenters. The Bertz CT molecular complexity index is 973. The first kappa shape index (κ1) is 17.2. The fraction of sp³-hybridized carbons (Fsp3) is 0.381. The highest BCUT2D eigenvalue weighted by Crippen LogP contribution is 2.31. The number of nitrogens with zero attached hydrogens (tertiary/aromatic N) is 4. The molecule has 2 fully saturated rings. The van der Waals surface area contributed by atoms with Crippen molar-refractivity contribution in [2.45, 2.75) is 50.8 Å². The predicted octanol–water partition coefficient (Wildman–Crippen LogP) is 3.01. The van der Waals surface area contributed by atoms with Crippen molar-refractivity contribution in [3.63, 3.8) is 0 Å². The van der Waals surface area contributed by atoms with Crippen molar-refractivity contribution >= 4 is 0 Å². The number of aromatic hydroxyl groups is 1. The number of aryl methyl sites for hydroxylation is 1. The summed E-state index contributed by atoms with van der Waals surface area (Å²) in [6.07, 6.45) is 8.36. The average Bonchev–Trinajstić information content (AvgIpc) is 3.27. The van der Waals surface area contributed by atoms with Crippen molar-refractivity contribution in [2.75, 3.05) is 0 Å². The molecule has 7 nitrogen and oxygen atoms in total. The second-order valence-corrected chi connectivity index (χ2v) is 7.73. The van der Waals surface area contributed by atoms with Crippen molar-refractivity contribution < 1.29 is 9.84 Å². The van der Waals surface area contributed by atoms with E-state index in [9.17, 15) is 5.11 Å². The number of rotatable bonds is 4. The molecule has 28 heavy (non-hydrogen) atoms. The first-order chi connectivity index (χ1) is 13.6. The van der Waals surface area contributed by atoms with Crippen molar-refractivity contribution in [1.82, 2.24) is 25.1 Å². The van der Waals surface area contributed by atoms with Gasteiger partial charge in [0, 0.05) is 36.0 Å². The zero-order chi connectivity index (χ0) is 19.1. The molecule has 0 saturated carbocycles. The van der Waals surface area contributed by atoms with Crippen LogP contribution in [0.25, 0.3) is 16.9 Å². The molecule has 4 heterocycles. The topological polar surface area (TPSA) is 85.1 Å². The van der Waals surface area contributed by atoms with E-state index in [1.165, 1.54) is 12.8 Å². The van der Waals surface area contributed by atoms with Gasteiger partial charge >= 0.3 is 0 Å². The molecule has 2 bridgehead atoms. The molecule has 1 aromatic carbocycles. The van der Waals surface area contributed by atoms with E-state index < -0.39 is 0 Å². The normalized spacial score (nSPS) is 23.7. The average molecular weight is 377 g/mol. The van der Waals surface area contributed by atoms with E-state index in [1.54, 1.807) is 12.4 Å². The highest BCUT2D eigenvalue weighted by molar-refractivity contribution is 5.68. The van der Waals surface area contributed by atoms with Gasteiger partial charge in [0.1, 0.15) is 11.9 Å². The van der Waals surface area contributed by atoms with E-state index in [4.69, 9.17) is 4.74 Å². The monoisotopic (exact) mass is 377 g/mol. The Morgan fingerprint density at radius 1 is 1.11 bits per heavy atom. The first-order valence-electron chi connectivity index (χ1n) is 9.75. The number of aromatic nitrogens is 4. The Morgan fingerprint density at radius 2 is 1.93 bits per heavy atom. The van der Waals surface area contributed by atoms with Gasteiger partial charge in [-0.2, -0.15) is 0 Å². The Kier molecular flexibility index (Phi) is 4.24. The molecule has 5 rings (SSSR count). The van der Waals surface area contributed by atoms with Gasteiger partial charge < -0.3 is 19.7 Å². The number of imidazole rings is 1. The van der Waals surface area contributed by atoms with Crippen molar-refractivity contribution in [1.29, 1.82) is 0 Å². The van der Waals surface area contributed by atoms with E-state index in [0.29, 0.717) is 29.2 Å². The number of benzene rings is 1. The molecule has 2 saturated heterocycles. The molecule has 0 aliphatic carbocycles. The lowest BCUT2D eigenvalue weighted by atomic mass is 10.0. The maximum Gasteiger partial charge on any atom is 0.233 e. The van der Waals surface area contributed by atoms with Crippen LogP contribution in [0.4, 0.5) is 0 Å². The highest BCUT2D eigenvalue weighted by Gasteiger charge is 2.34. The Labute approximate surface area is 163 Å². The van der Waals surface area contributed by atoms with Gasteiger partial charge in [-0.05, 0) is 50.8 Å². The third kappa shape index (κ3) is 3.33. The van der Waals surface area contributed by atoms with Crippen molar-refractivity contribution in [3.8, 4) is 28.6 Å². The molecule has 0 radical (unpaired) electrons. The van der Waals surface area contributed by atoms with Crippen LogP contribution in [0.5, 0.6) is 11.6 Å². The Morgan fingerprint density at radius 3 is 2.57 bits per heavy atom. The maximum absolute atomic E-state index is 10.5. The molecule has 0 spiro atoms. The van der Waals surface area contributed by atoms with Gasteiger partial charge in [0.25, 0.3) is 0 Å². The molecule has 144 valence electrons. The minimum Gasteiger partial charge on any atom is -0.507 e. The summed E-state index contributed by atoms with van der Waals surface area (Å²) in [6.45, 7) is 1.93. The zero-order valence-corrected chi connectivity index (χ0v) is 15.7. The molecular weight excluding hydrogens is 354 g/mol. The summed E-state index contributed by atoms with van der Waals surface area (Å²) in [5.74, 6) is 0.696. The summed E-state index contributed by atoms with van der Waals surface area (Å²) in [6, 6.07) is 10.3. The number of hydrogen-bond acceptors (Lipinski definition) is 6. The van der Waals surface area contributed by atoms with Crippen LogP contribution >= 0.6 is 0 Å². The number of phenols is 1. The summed E-state index contributed by atoms with van der Waals surface area (Å²) in [5.41, 5.74) is 3.02. The molecule has 2 aliphatic heterocycles. The number of phenolic OH excluding ortho intramolecular Hbond substituents is 1. The Hall–Kier alpha value is -2.93. The lowest BCUT2D eigenvalue weighted by Crippen LogP contribution is -2.42. The van der Waals surface area contributed by atoms with E-state index in [1.807, 2.05) is 42.0 Å². The van der Waals surface area contributed by atoms with Gasteiger partial charge in [0.05, 0.1) is 23.4 Å². The van der Waals surface area contributed by atoms with Crippen LogP contribution in [0.2, 0.25) is 0 Å². The summed E-state index contributed by atoms with van der Waals surface area (Å²) >= 11 is 0. The van der Waals surface area contributed by atoms with E-state index in [-0.39, 0.29) is 11.9 Å². The van der Waals surface area contributed by atoms with E-state index in [2.05, 4.69) is 20.5 Å². The zero-order valence-electron chi connectivity index (χ0n) is 15.7. The second-order valence-electron chi connectivity index (χ2n) is 7.73. The van der Waals surface area contributed by atoms with Gasteiger partial charge in [-0.15, -0.1) is 10.2 Å². The van der Waals surface area contributed by atoms with Crippen LogP contribution in [0.3, 0.4) is 0 Å². The number of fused-ring (bicyclic) bond motifs is 2. The van der Waals surface area contributed by atoms with Crippen LogP contribution in [-0.4, -0.2) is 43.0 Å². The fourth-order valence-corrected chi connectivity index (χ4v) is 4.26. The number of piperidine rings is 1. The fourth-order valence-electron chi connectivity index (χ4n) is 4.26. The summed E-state index contributed by atoms with van der Waals surface area (Å²) < 4.78 is 7.92. The minimum atomic E-state index is 0.154. The molecule has 0 amide bonds. The van der Waals surface area contributed by atoms with Gasteiger partial charge in [0.15, 0.2) is 0 Å². The smallest absolute Gasteiger partial charge is 0.233 e. The molecule has 2 N–H and O–H groups in total. The van der Waals surface area contributed by atoms with Gasteiger partial charge in [-0.3, -0.25) is 0 Å². The van der Waals surface area contributed by atoms with Crippen LogP contribution in [-0.2, 0) is 0 Å². The Balaban J connectivity index is 1.31. The standard InChI is InChI=1S/C21H23N5O2/c1-13-11-26(12-22-13)16-4-5-18(20(27)10-16)19-6-7-21(25-24-19)28-17-8-14-2-3-15(9-17)23-14/h4-7,10-12,14-15,17,23,27H,2-3,8-9H2,1H3. The third-order valence-corrected chi connectivity index (χ3v) is 5.62. The molecule has 3 aromatic rings. The van der Waals surface area contributed by atoms with Gasteiger partial charge in [-0.25, -0.2) is 4.98 Å². The number of hydrogen-bond donors (Lipinski definition) is 2. The molecular formula is C21H23N5O2. The van der Waals surface area contributed by atoms with Crippen LogP contribution in [0, 0.1) is 6.92 Å². The highest BCUT2D eigenvalue weighted by atomic mass is 16.5. The molecule has 2 unspecified atom stereocenters. The van der Waals surface area contributed by atoms with Gasteiger partial charge in [-0.1, -0.05) is 0 Å². The quantitative estimate of drug-likeness (QED) is 0.727. The largest absolute Gasteiger partial charge is 0.507 e. The number of ether oxygens (including phenoxy) is 1. The second kappa shape index (κ2) is 6.91. The number of nitrogens with one attached hydrogen (secondary N) is 1. The minimum absolute atomic E-state index is 0.154. The maximum atomic E-state index is 10.5. The van der Waals surface area contributed by atoms with E-state index >= 15 is 0 Å². The third-order valence-electron chi connectivity index (χ3n) is 5.62. The first-order valence-corrected chi connectivity index (χ1v) is 9.75. The lowest BCUT2D eigenvalue weighted by molar-refractivity contribution is 0.130. The van der Waals surface area contributed by atoms with Crippen LogP contribution < -0.4 is 10.1 Å². The van der Waals surface area contributed by atoms with Gasteiger partial charge in [0.2, 0.25) is 5.88 Å². The summed E-state index contributed by atoms with van der Waals surface area (Å²) in [4.78, 5) is 4.22. The summed E-state index contributed by atoms with van der Waals surface area (Å²) in [7, 11) is 0. The van der Waals surface area contributed by atoms with Crippen molar-refractivity contribution in [2.24, 2.45) is 0 Å². The van der Waals surface area contributed by atoms with Crippen LogP contribution in [0.1, 0.15) is 31.4 Å². The molecule has 2 aliphatic rings.